The van der Waals surface area contributed by atoms with Crippen molar-refractivity contribution in [2.75, 3.05) is 45.2 Å². The van der Waals surface area contributed by atoms with Gasteiger partial charge >= 0.3 is 0 Å². The maximum absolute atomic E-state index is 5.52. The van der Waals surface area contributed by atoms with Gasteiger partial charge in [0, 0.05) is 51.5 Å². The summed E-state index contributed by atoms with van der Waals surface area (Å²) in [5.74, 6) is 1.85. The summed E-state index contributed by atoms with van der Waals surface area (Å²) in [6, 6.07) is 18.6. The molecule has 0 saturated carbocycles. The lowest BCUT2D eigenvalue weighted by atomic mass is 10.2. The molecule has 0 atom stereocenters. The van der Waals surface area contributed by atoms with Crippen LogP contribution in [0.5, 0.6) is 5.75 Å². The molecule has 2 heterocycles. The van der Waals surface area contributed by atoms with Crippen LogP contribution in [0, 0.1) is 0 Å². The number of rotatable bonds is 6. The fourth-order valence-corrected chi connectivity index (χ4v) is 3.92. The van der Waals surface area contributed by atoms with Crippen LogP contribution in [0.15, 0.2) is 72.0 Å². The first-order valence-electron chi connectivity index (χ1n) is 10.7. The SMILES string of the molecule is CN=C(NCc1cnn(Cc2ccccc2)c1)N1CCN(c2ccccc2OC)CC1.I. The molecule has 0 radical (unpaired) electrons. The van der Waals surface area contributed by atoms with Crippen LogP contribution in [0.2, 0.25) is 0 Å². The Balaban J connectivity index is 0.00000289. The highest BCUT2D eigenvalue weighted by molar-refractivity contribution is 14.0. The maximum atomic E-state index is 5.52. The molecule has 8 heteroatoms. The van der Waals surface area contributed by atoms with Gasteiger partial charge in [-0.05, 0) is 17.7 Å². The molecule has 0 unspecified atom stereocenters. The van der Waals surface area contributed by atoms with Crippen molar-refractivity contribution in [3.8, 4) is 5.75 Å². The van der Waals surface area contributed by atoms with Gasteiger partial charge in [0.15, 0.2) is 5.96 Å². The molecule has 1 aliphatic rings. The van der Waals surface area contributed by atoms with E-state index in [-0.39, 0.29) is 24.0 Å². The zero-order valence-electron chi connectivity index (χ0n) is 18.6. The summed E-state index contributed by atoms with van der Waals surface area (Å²) in [5.41, 5.74) is 3.54. The standard InChI is InChI=1S/C24H30N6O.HI/c1-25-24(26-16-21-17-27-30(19-21)18-20-8-4-3-5-9-20)29-14-12-28(13-15-29)22-10-6-7-11-23(22)31-2;/h3-11,17,19H,12-16,18H2,1-2H3,(H,25,26);1H. The Morgan fingerprint density at radius 1 is 1.00 bits per heavy atom. The van der Waals surface area contributed by atoms with E-state index in [2.05, 4.69) is 67.8 Å². The fraction of sp³-hybridized carbons (Fsp3) is 0.333. The lowest BCUT2D eigenvalue weighted by Crippen LogP contribution is -2.52. The number of para-hydroxylation sites is 2. The number of piperazine rings is 1. The molecule has 1 fully saturated rings. The van der Waals surface area contributed by atoms with Gasteiger partial charge in [-0.1, -0.05) is 42.5 Å². The second-order valence-electron chi connectivity index (χ2n) is 7.58. The van der Waals surface area contributed by atoms with Crippen molar-refractivity contribution in [2.45, 2.75) is 13.1 Å². The minimum absolute atomic E-state index is 0. The number of aromatic nitrogens is 2. The second kappa shape index (κ2) is 11.8. The number of nitrogens with one attached hydrogen (secondary N) is 1. The van der Waals surface area contributed by atoms with E-state index in [9.17, 15) is 0 Å². The Morgan fingerprint density at radius 3 is 2.44 bits per heavy atom. The third kappa shape index (κ3) is 5.93. The van der Waals surface area contributed by atoms with Crippen LogP contribution >= 0.6 is 24.0 Å². The molecule has 1 N–H and O–H groups in total. The fourth-order valence-electron chi connectivity index (χ4n) is 3.92. The van der Waals surface area contributed by atoms with E-state index >= 15 is 0 Å². The monoisotopic (exact) mass is 546 g/mol. The average molecular weight is 546 g/mol. The first kappa shape index (κ1) is 23.9. The van der Waals surface area contributed by atoms with E-state index in [1.165, 1.54) is 5.56 Å². The zero-order valence-corrected chi connectivity index (χ0v) is 21.0. The number of hydrogen-bond donors (Lipinski definition) is 1. The molecular formula is C24H31IN6O. The molecule has 1 saturated heterocycles. The highest BCUT2D eigenvalue weighted by atomic mass is 127. The number of anilines is 1. The van der Waals surface area contributed by atoms with Crippen LogP contribution in [-0.2, 0) is 13.1 Å². The molecule has 2 aromatic carbocycles. The van der Waals surface area contributed by atoms with Crippen molar-refractivity contribution in [3.05, 3.63) is 78.1 Å². The van der Waals surface area contributed by atoms with Crippen molar-refractivity contribution in [3.63, 3.8) is 0 Å². The van der Waals surface area contributed by atoms with Crippen molar-refractivity contribution in [1.82, 2.24) is 20.0 Å². The number of methoxy groups -OCH3 is 1. The van der Waals surface area contributed by atoms with Crippen LogP contribution in [-0.4, -0.2) is 61.0 Å². The van der Waals surface area contributed by atoms with Gasteiger partial charge < -0.3 is 19.9 Å². The van der Waals surface area contributed by atoms with E-state index in [1.807, 2.05) is 36.1 Å². The topological polar surface area (TPSA) is 57.9 Å². The van der Waals surface area contributed by atoms with Crippen molar-refractivity contribution in [1.29, 1.82) is 0 Å². The Labute approximate surface area is 207 Å². The number of nitrogens with zero attached hydrogens (tertiary/aromatic N) is 5. The van der Waals surface area contributed by atoms with Gasteiger partial charge in [0.25, 0.3) is 0 Å². The van der Waals surface area contributed by atoms with Gasteiger partial charge in [-0.15, -0.1) is 24.0 Å². The average Bonchev–Trinajstić information content (AvgIpc) is 3.27. The highest BCUT2D eigenvalue weighted by Gasteiger charge is 2.21. The molecule has 0 amide bonds. The molecule has 7 nitrogen and oxygen atoms in total. The predicted octanol–water partition coefficient (Wildman–Crippen LogP) is 3.46. The minimum atomic E-state index is 0. The highest BCUT2D eigenvalue weighted by Crippen LogP contribution is 2.28. The number of guanidine groups is 1. The molecule has 170 valence electrons. The summed E-state index contributed by atoms with van der Waals surface area (Å²) >= 11 is 0. The van der Waals surface area contributed by atoms with Gasteiger partial charge in [-0.25, -0.2) is 0 Å². The van der Waals surface area contributed by atoms with Gasteiger partial charge in [0.05, 0.1) is 25.5 Å². The summed E-state index contributed by atoms with van der Waals surface area (Å²) in [6.45, 7) is 5.15. The molecule has 0 bridgehead atoms. The van der Waals surface area contributed by atoms with E-state index in [0.717, 1.165) is 55.7 Å². The molecule has 0 aliphatic carbocycles. The van der Waals surface area contributed by atoms with E-state index in [0.29, 0.717) is 6.54 Å². The van der Waals surface area contributed by atoms with E-state index < -0.39 is 0 Å². The summed E-state index contributed by atoms with van der Waals surface area (Å²) < 4.78 is 7.50. The van der Waals surface area contributed by atoms with Gasteiger partial charge in [0.1, 0.15) is 5.75 Å². The summed E-state index contributed by atoms with van der Waals surface area (Å²) in [7, 11) is 3.57. The molecular weight excluding hydrogens is 515 g/mol. The van der Waals surface area contributed by atoms with Crippen LogP contribution < -0.4 is 15.0 Å². The zero-order chi connectivity index (χ0) is 21.5. The number of aliphatic imine (C=N–C) groups is 1. The van der Waals surface area contributed by atoms with Crippen LogP contribution in [0.25, 0.3) is 0 Å². The summed E-state index contributed by atoms with van der Waals surface area (Å²) in [6.07, 6.45) is 4.01. The normalized spacial score (nSPS) is 14.1. The largest absolute Gasteiger partial charge is 0.495 e. The lowest BCUT2D eigenvalue weighted by molar-refractivity contribution is 0.367. The number of benzene rings is 2. The minimum Gasteiger partial charge on any atom is -0.495 e. The molecule has 1 aromatic heterocycles. The Morgan fingerprint density at radius 2 is 1.72 bits per heavy atom. The molecule has 4 rings (SSSR count). The third-order valence-corrected chi connectivity index (χ3v) is 5.54. The lowest BCUT2D eigenvalue weighted by Gasteiger charge is -2.38. The third-order valence-electron chi connectivity index (χ3n) is 5.54. The van der Waals surface area contributed by atoms with E-state index in [4.69, 9.17) is 4.74 Å². The first-order valence-corrected chi connectivity index (χ1v) is 10.7. The van der Waals surface area contributed by atoms with Gasteiger partial charge in [0.2, 0.25) is 0 Å². The Hall–Kier alpha value is -2.75. The molecule has 3 aromatic rings. The maximum Gasteiger partial charge on any atom is 0.194 e. The smallest absolute Gasteiger partial charge is 0.194 e. The van der Waals surface area contributed by atoms with Crippen LogP contribution in [0.3, 0.4) is 0 Å². The summed E-state index contributed by atoms with van der Waals surface area (Å²) in [5, 5.41) is 7.98. The van der Waals surface area contributed by atoms with Crippen LogP contribution in [0.1, 0.15) is 11.1 Å². The van der Waals surface area contributed by atoms with Crippen molar-refractivity contribution >= 4 is 35.6 Å². The first-order chi connectivity index (χ1) is 15.3. The Kier molecular flexibility index (Phi) is 8.78. The van der Waals surface area contributed by atoms with Gasteiger partial charge in [-0.2, -0.15) is 5.10 Å². The Bertz CT molecular complexity index is 998. The van der Waals surface area contributed by atoms with Gasteiger partial charge in [-0.3, -0.25) is 9.67 Å². The number of halogens is 1. The quantitative estimate of drug-likeness (QED) is 0.292. The van der Waals surface area contributed by atoms with Crippen molar-refractivity contribution < 1.29 is 4.74 Å². The second-order valence-corrected chi connectivity index (χ2v) is 7.58. The number of hydrogen-bond acceptors (Lipinski definition) is 4. The predicted molar refractivity (Wildman–Crippen MR) is 140 cm³/mol. The summed E-state index contributed by atoms with van der Waals surface area (Å²) in [4.78, 5) is 9.17. The van der Waals surface area contributed by atoms with E-state index in [1.54, 1.807) is 7.11 Å². The number of ether oxygens (including phenoxy) is 1. The molecule has 32 heavy (non-hydrogen) atoms. The van der Waals surface area contributed by atoms with Crippen molar-refractivity contribution in [2.24, 2.45) is 4.99 Å². The molecule has 1 aliphatic heterocycles. The van der Waals surface area contributed by atoms with Crippen LogP contribution in [0.4, 0.5) is 5.69 Å². The molecule has 0 spiro atoms.